The van der Waals surface area contributed by atoms with Crippen LogP contribution in [0.5, 0.6) is 0 Å². The van der Waals surface area contributed by atoms with Gasteiger partial charge in [0, 0.05) is 6.54 Å². The number of rotatable bonds is 3. The second-order valence-electron chi connectivity index (χ2n) is 2.79. The maximum absolute atomic E-state index is 4.20. The molecule has 0 aliphatic carbocycles. The lowest BCUT2D eigenvalue weighted by molar-refractivity contribution is 0.970. The van der Waals surface area contributed by atoms with E-state index in [0.717, 1.165) is 29.0 Å². The van der Waals surface area contributed by atoms with E-state index in [1.807, 2.05) is 5.38 Å². The molecule has 13 heavy (non-hydrogen) atoms. The largest absolute Gasteiger partial charge is 0.369 e. The average molecular weight is 193 g/mol. The number of anilines is 1. The van der Waals surface area contributed by atoms with Crippen molar-refractivity contribution in [1.29, 1.82) is 0 Å². The van der Waals surface area contributed by atoms with Crippen molar-refractivity contribution in [2.75, 3.05) is 11.9 Å². The molecule has 0 aromatic carbocycles. The van der Waals surface area contributed by atoms with E-state index in [2.05, 4.69) is 28.3 Å². The molecule has 2 aromatic heterocycles. The summed E-state index contributed by atoms with van der Waals surface area (Å²) in [5, 5.41) is 6.44. The zero-order valence-electron chi connectivity index (χ0n) is 7.45. The second-order valence-corrected chi connectivity index (χ2v) is 3.68. The Morgan fingerprint density at radius 2 is 2.38 bits per heavy atom. The van der Waals surface area contributed by atoms with Gasteiger partial charge in [0.1, 0.15) is 17.0 Å². The highest BCUT2D eigenvalue weighted by atomic mass is 32.1. The van der Waals surface area contributed by atoms with Gasteiger partial charge in [-0.25, -0.2) is 9.97 Å². The Balaban J connectivity index is 2.37. The number of nitrogens with zero attached hydrogens (tertiary/aromatic N) is 2. The van der Waals surface area contributed by atoms with Crippen LogP contribution < -0.4 is 5.32 Å². The first-order valence-electron chi connectivity index (χ1n) is 4.34. The van der Waals surface area contributed by atoms with Crippen LogP contribution in [0.15, 0.2) is 17.8 Å². The van der Waals surface area contributed by atoms with E-state index >= 15 is 0 Å². The van der Waals surface area contributed by atoms with Crippen molar-refractivity contribution >= 4 is 27.4 Å². The van der Waals surface area contributed by atoms with Crippen molar-refractivity contribution in [3.8, 4) is 0 Å². The van der Waals surface area contributed by atoms with E-state index in [-0.39, 0.29) is 0 Å². The van der Waals surface area contributed by atoms with Gasteiger partial charge in [-0.15, -0.1) is 11.3 Å². The predicted molar refractivity (Wildman–Crippen MR) is 56.2 cm³/mol. The summed E-state index contributed by atoms with van der Waals surface area (Å²) in [6.45, 7) is 3.10. The monoisotopic (exact) mass is 193 g/mol. The average Bonchev–Trinajstić information content (AvgIpc) is 2.62. The van der Waals surface area contributed by atoms with Gasteiger partial charge < -0.3 is 5.32 Å². The molecule has 0 aliphatic heterocycles. The molecule has 68 valence electrons. The maximum Gasteiger partial charge on any atom is 0.138 e. The fourth-order valence-corrected chi connectivity index (χ4v) is 1.91. The lowest BCUT2D eigenvalue weighted by Gasteiger charge is -2.03. The number of hydrogen-bond acceptors (Lipinski definition) is 4. The second kappa shape index (κ2) is 3.70. The third kappa shape index (κ3) is 1.62. The van der Waals surface area contributed by atoms with Crippen LogP contribution in [-0.2, 0) is 0 Å². The van der Waals surface area contributed by atoms with Crippen LogP contribution in [0.3, 0.4) is 0 Å². The number of thiophene rings is 1. The molecule has 0 fully saturated rings. The van der Waals surface area contributed by atoms with Gasteiger partial charge in [-0.1, -0.05) is 6.92 Å². The molecular formula is C9H11N3S. The van der Waals surface area contributed by atoms with Crippen LogP contribution in [0.25, 0.3) is 10.2 Å². The number of aromatic nitrogens is 2. The Morgan fingerprint density at radius 3 is 3.23 bits per heavy atom. The highest BCUT2D eigenvalue weighted by Gasteiger charge is 2.02. The van der Waals surface area contributed by atoms with E-state index < -0.39 is 0 Å². The first-order valence-corrected chi connectivity index (χ1v) is 5.22. The van der Waals surface area contributed by atoms with E-state index in [4.69, 9.17) is 0 Å². The van der Waals surface area contributed by atoms with E-state index in [0.29, 0.717) is 0 Å². The van der Waals surface area contributed by atoms with E-state index in [1.54, 1.807) is 17.7 Å². The molecule has 0 unspecified atom stereocenters. The molecule has 3 nitrogen and oxygen atoms in total. The van der Waals surface area contributed by atoms with Gasteiger partial charge in [-0.05, 0) is 17.9 Å². The molecule has 2 rings (SSSR count). The molecule has 4 heteroatoms. The quantitative estimate of drug-likeness (QED) is 0.814. The van der Waals surface area contributed by atoms with Crippen molar-refractivity contribution < 1.29 is 0 Å². The number of fused-ring (bicyclic) bond motifs is 1. The zero-order valence-corrected chi connectivity index (χ0v) is 8.27. The van der Waals surface area contributed by atoms with Gasteiger partial charge >= 0.3 is 0 Å². The highest BCUT2D eigenvalue weighted by Crippen LogP contribution is 2.23. The normalized spacial score (nSPS) is 10.5. The minimum atomic E-state index is 0.952. The number of hydrogen-bond donors (Lipinski definition) is 1. The number of nitrogens with one attached hydrogen (secondary N) is 1. The highest BCUT2D eigenvalue weighted by molar-refractivity contribution is 7.16. The zero-order chi connectivity index (χ0) is 9.10. The Hall–Kier alpha value is -1.16. The summed E-state index contributed by atoms with van der Waals surface area (Å²) < 4.78 is 0. The molecule has 0 atom stereocenters. The van der Waals surface area contributed by atoms with Crippen LogP contribution in [0.1, 0.15) is 13.3 Å². The fourth-order valence-electron chi connectivity index (χ4n) is 1.17. The van der Waals surface area contributed by atoms with Crippen LogP contribution >= 0.6 is 11.3 Å². The van der Waals surface area contributed by atoms with Crippen LogP contribution in [0.4, 0.5) is 5.82 Å². The lowest BCUT2D eigenvalue weighted by Crippen LogP contribution is -2.01. The molecular weight excluding hydrogens is 182 g/mol. The van der Waals surface area contributed by atoms with E-state index in [1.165, 1.54) is 0 Å². The topological polar surface area (TPSA) is 37.8 Å². The third-order valence-corrected chi connectivity index (χ3v) is 2.62. The molecule has 0 bridgehead atoms. The Labute approximate surface area is 80.8 Å². The van der Waals surface area contributed by atoms with E-state index in [9.17, 15) is 0 Å². The molecule has 1 N–H and O–H groups in total. The molecule has 0 amide bonds. The first kappa shape index (κ1) is 8.44. The minimum Gasteiger partial charge on any atom is -0.369 e. The van der Waals surface area contributed by atoms with Crippen LogP contribution in [0.2, 0.25) is 0 Å². The summed E-state index contributed by atoms with van der Waals surface area (Å²) in [5.41, 5.74) is 0. The summed E-state index contributed by atoms with van der Waals surface area (Å²) in [6.07, 6.45) is 2.71. The van der Waals surface area contributed by atoms with Gasteiger partial charge in [-0.2, -0.15) is 0 Å². The van der Waals surface area contributed by atoms with Gasteiger partial charge in [0.05, 0.1) is 5.39 Å². The summed E-state index contributed by atoms with van der Waals surface area (Å²) >= 11 is 1.64. The molecule has 0 spiro atoms. The molecule has 0 saturated carbocycles. The van der Waals surface area contributed by atoms with Crippen molar-refractivity contribution in [3.63, 3.8) is 0 Å². The minimum absolute atomic E-state index is 0.952. The van der Waals surface area contributed by atoms with Crippen LogP contribution in [0, 0.1) is 0 Å². The van der Waals surface area contributed by atoms with Gasteiger partial charge in [-0.3, -0.25) is 0 Å². The SMILES string of the molecule is CCCNc1ncnc2sccc12. The van der Waals surface area contributed by atoms with Gasteiger partial charge in [0.25, 0.3) is 0 Å². The van der Waals surface area contributed by atoms with Crippen molar-refractivity contribution in [2.45, 2.75) is 13.3 Å². The molecule has 0 radical (unpaired) electrons. The van der Waals surface area contributed by atoms with Crippen molar-refractivity contribution in [2.24, 2.45) is 0 Å². The first-order chi connectivity index (χ1) is 6.42. The lowest BCUT2D eigenvalue weighted by atomic mass is 10.3. The molecule has 0 saturated heterocycles. The molecule has 0 aliphatic rings. The summed E-state index contributed by atoms with van der Waals surface area (Å²) in [6, 6.07) is 2.05. The van der Waals surface area contributed by atoms with Gasteiger partial charge in [0.15, 0.2) is 0 Å². The summed E-state index contributed by atoms with van der Waals surface area (Å²) in [4.78, 5) is 9.43. The Kier molecular flexibility index (Phi) is 2.40. The predicted octanol–water partition coefficient (Wildman–Crippen LogP) is 2.51. The van der Waals surface area contributed by atoms with Gasteiger partial charge in [0.2, 0.25) is 0 Å². The Bertz CT molecular complexity index is 396. The smallest absolute Gasteiger partial charge is 0.138 e. The standard InChI is InChI=1S/C9H11N3S/c1-2-4-10-8-7-3-5-13-9(7)12-6-11-8/h3,5-6H,2,4H2,1H3,(H,10,11,12). The molecule has 2 aromatic rings. The van der Waals surface area contributed by atoms with Crippen LogP contribution in [-0.4, -0.2) is 16.5 Å². The Morgan fingerprint density at radius 1 is 1.46 bits per heavy atom. The summed E-state index contributed by atoms with van der Waals surface area (Å²) in [7, 11) is 0. The van der Waals surface area contributed by atoms with Crippen molar-refractivity contribution in [1.82, 2.24) is 9.97 Å². The summed E-state index contributed by atoms with van der Waals surface area (Å²) in [5.74, 6) is 0.952. The third-order valence-electron chi connectivity index (χ3n) is 1.80. The maximum atomic E-state index is 4.20. The fraction of sp³-hybridized carbons (Fsp3) is 0.333. The molecule has 2 heterocycles. The van der Waals surface area contributed by atoms with Crippen molar-refractivity contribution in [3.05, 3.63) is 17.8 Å².